The zero-order chi connectivity index (χ0) is 12.6. The second-order valence-corrected chi connectivity index (χ2v) is 5.80. The van der Waals surface area contributed by atoms with E-state index in [0.29, 0.717) is 18.6 Å². The van der Waals surface area contributed by atoms with Crippen molar-refractivity contribution in [3.05, 3.63) is 17.9 Å². The fraction of sp³-hybridized carbons (Fsp3) is 0.500. The summed E-state index contributed by atoms with van der Waals surface area (Å²) in [5.74, 6) is -0.635. The summed E-state index contributed by atoms with van der Waals surface area (Å²) in [7, 11) is -3.83. The minimum atomic E-state index is -3.83. The topological polar surface area (TPSA) is 87.8 Å². The molecule has 1 aromatic heterocycles. The number of rotatable bonds is 3. The van der Waals surface area contributed by atoms with Crippen molar-refractivity contribution in [3.8, 4) is 0 Å². The summed E-state index contributed by atoms with van der Waals surface area (Å²) in [5.41, 5.74) is 0. The number of carbonyl (C=O) groups is 1. The first-order chi connectivity index (χ1) is 7.93. The molecule has 1 aromatic rings. The van der Waals surface area contributed by atoms with Crippen molar-refractivity contribution in [2.24, 2.45) is 0 Å². The normalized spacial score (nSPS) is 21.8. The van der Waals surface area contributed by atoms with Crippen LogP contribution in [0.15, 0.2) is 21.6 Å². The van der Waals surface area contributed by atoms with E-state index >= 15 is 0 Å². The molecule has 1 saturated heterocycles. The molecule has 94 valence electrons. The molecule has 17 heavy (non-hydrogen) atoms. The first-order valence-electron chi connectivity index (χ1n) is 5.24. The number of hydrogen-bond acceptors (Lipinski definition) is 4. The number of furan rings is 1. The Kier molecular flexibility index (Phi) is 2.96. The van der Waals surface area contributed by atoms with E-state index in [1.807, 2.05) is 0 Å². The van der Waals surface area contributed by atoms with Gasteiger partial charge in [0.15, 0.2) is 0 Å². The lowest BCUT2D eigenvalue weighted by Gasteiger charge is -2.19. The molecular weight excluding hydrogens is 246 g/mol. The second kappa shape index (κ2) is 4.15. The van der Waals surface area contributed by atoms with Gasteiger partial charge in [0, 0.05) is 6.54 Å². The van der Waals surface area contributed by atoms with E-state index in [0.717, 1.165) is 4.31 Å². The van der Waals surface area contributed by atoms with Crippen LogP contribution in [-0.2, 0) is 14.8 Å². The Labute approximate surface area is 98.9 Å². The minimum absolute atomic E-state index is 0.192. The Morgan fingerprint density at radius 2 is 2.24 bits per heavy atom. The number of carboxylic acids is 1. The van der Waals surface area contributed by atoms with Crippen LogP contribution in [-0.4, -0.2) is 36.4 Å². The molecule has 0 saturated carbocycles. The van der Waals surface area contributed by atoms with Crippen molar-refractivity contribution >= 4 is 16.0 Å². The SMILES string of the molecule is Cc1ccc(S(=O)(=O)N2CCC[C@@H]2C(=O)O)o1. The average Bonchev–Trinajstić information content (AvgIpc) is 2.84. The number of carboxylic acid groups (broad SMARTS) is 1. The molecule has 1 atom stereocenters. The van der Waals surface area contributed by atoms with Crippen LogP contribution >= 0.6 is 0 Å². The summed E-state index contributed by atoms with van der Waals surface area (Å²) in [6, 6.07) is 1.91. The van der Waals surface area contributed by atoms with E-state index in [1.54, 1.807) is 13.0 Å². The summed E-state index contributed by atoms with van der Waals surface area (Å²) in [5, 5.41) is 8.77. The van der Waals surface area contributed by atoms with Gasteiger partial charge in [-0.05, 0) is 31.9 Å². The minimum Gasteiger partial charge on any atom is -0.480 e. The fourth-order valence-corrected chi connectivity index (χ4v) is 3.55. The molecule has 0 amide bonds. The Morgan fingerprint density at radius 3 is 2.76 bits per heavy atom. The van der Waals surface area contributed by atoms with Crippen molar-refractivity contribution in [1.82, 2.24) is 4.31 Å². The Morgan fingerprint density at radius 1 is 1.53 bits per heavy atom. The van der Waals surface area contributed by atoms with Gasteiger partial charge in [-0.15, -0.1) is 0 Å². The summed E-state index contributed by atoms with van der Waals surface area (Å²) in [6.45, 7) is 1.86. The Balaban J connectivity index is 2.36. The van der Waals surface area contributed by atoms with Gasteiger partial charge in [0.2, 0.25) is 5.09 Å². The quantitative estimate of drug-likeness (QED) is 0.868. The van der Waals surface area contributed by atoms with Crippen LogP contribution in [0, 0.1) is 6.92 Å². The lowest BCUT2D eigenvalue weighted by molar-refractivity contribution is -0.140. The summed E-state index contributed by atoms with van der Waals surface area (Å²) >= 11 is 0. The van der Waals surface area contributed by atoms with Crippen molar-refractivity contribution < 1.29 is 22.7 Å². The van der Waals surface area contributed by atoms with Crippen molar-refractivity contribution in [2.75, 3.05) is 6.54 Å². The smallest absolute Gasteiger partial charge is 0.322 e. The number of aliphatic carboxylic acids is 1. The molecular formula is C10H13NO5S. The van der Waals surface area contributed by atoms with Gasteiger partial charge in [-0.3, -0.25) is 4.79 Å². The molecule has 2 heterocycles. The molecule has 6 nitrogen and oxygen atoms in total. The van der Waals surface area contributed by atoms with Crippen molar-refractivity contribution in [2.45, 2.75) is 30.9 Å². The Hall–Kier alpha value is -1.34. The lowest BCUT2D eigenvalue weighted by Crippen LogP contribution is -2.40. The fourth-order valence-electron chi connectivity index (χ4n) is 1.94. The highest BCUT2D eigenvalue weighted by molar-refractivity contribution is 7.89. The monoisotopic (exact) mass is 259 g/mol. The van der Waals surface area contributed by atoms with Gasteiger partial charge in [0.25, 0.3) is 10.0 Å². The van der Waals surface area contributed by atoms with Crippen LogP contribution in [0.1, 0.15) is 18.6 Å². The van der Waals surface area contributed by atoms with Crippen molar-refractivity contribution in [1.29, 1.82) is 0 Å². The molecule has 1 fully saturated rings. The number of hydrogen-bond donors (Lipinski definition) is 1. The van der Waals surface area contributed by atoms with Crippen molar-refractivity contribution in [3.63, 3.8) is 0 Å². The zero-order valence-corrected chi connectivity index (χ0v) is 10.1. The van der Waals surface area contributed by atoms with Crippen LogP contribution in [0.25, 0.3) is 0 Å². The molecule has 1 aliphatic rings. The maximum atomic E-state index is 12.1. The molecule has 1 aliphatic heterocycles. The molecule has 0 unspecified atom stereocenters. The molecule has 0 radical (unpaired) electrons. The van der Waals surface area contributed by atoms with Gasteiger partial charge in [-0.2, -0.15) is 4.31 Å². The van der Waals surface area contributed by atoms with Gasteiger partial charge in [-0.1, -0.05) is 0 Å². The third kappa shape index (κ3) is 2.07. The summed E-state index contributed by atoms with van der Waals surface area (Å²) < 4.78 is 30.3. The van der Waals surface area contributed by atoms with Crippen LogP contribution < -0.4 is 0 Å². The number of aryl methyl sites for hydroxylation is 1. The lowest BCUT2D eigenvalue weighted by atomic mass is 10.2. The largest absolute Gasteiger partial charge is 0.480 e. The molecule has 7 heteroatoms. The highest BCUT2D eigenvalue weighted by atomic mass is 32.2. The average molecular weight is 259 g/mol. The first-order valence-corrected chi connectivity index (χ1v) is 6.68. The summed E-state index contributed by atoms with van der Waals surface area (Å²) in [6.07, 6.45) is 0.893. The van der Waals surface area contributed by atoms with Gasteiger partial charge in [0.05, 0.1) is 0 Å². The maximum Gasteiger partial charge on any atom is 0.322 e. The molecule has 0 spiro atoms. The zero-order valence-electron chi connectivity index (χ0n) is 9.29. The van der Waals surface area contributed by atoms with E-state index < -0.39 is 22.0 Å². The summed E-state index contributed by atoms with van der Waals surface area (Å²) in [4.78, 5) is 11.0. The van der Waals surface area contributed by atoms with E-state index in [4.69, 9.17) is 9.52 Å². The molecule has 0 aliphatic carbocycles. The number of nitrogens with zero attached hydrogens (tertiary/aromatic N) is 1. The van der Waals surface area contributed by atoms with Gasteiger partial charge in [-0.25, -0.2) is 8.42 Å². The predicted molar refractivity (Wildman–Crippen MR) is 58.0 cm³/mol. The third-order valence-corrected chi connectivity index (χ3v) is 4.55. The molecule has 0 aromatic carbocycles. The number of sulfonamides is 1. The van der Waals surface area contributed by atoms with E-state index in [1.165, 1.54) is 6.07 Å². The van der Waals surface area contributed by atoms with Crippen LogP contribution in [0.2, 0.25) is 0 Å². The maximum absolute atomic E-state index is 12.1. The van der Waals surface area contributed by atoms with E-state index in [-0.39, 0.29) is 11.6 Å². The molecule has 1 N–H and O–H groups in total. The molecule has 0 bridgehead atoms. The standard InChI is InChI=1S/C10H13NO5S/c1-7-4-5-9(16-7)17(14,15)11-6-2-3-8(11)10(12)13/h4-5,8H,2-3,6H2,1H3,(H,12,13)/t8-/m1/s1. The first kappa shape index (κ1) is 12.1. The van der Waals surface area contributed by atoms with Gasteiger partial charge >= 0.3 is 5.97 Å². The van der Waals surface area contributed by atoms with Crippen LogP contribution in [0.5, 0.6) is 0 Å². The highest BCUT2D eigenvalue weighted by Crippen LogP contribution is 2.27. The van der Waals surface area contributed by atoms with Gasteiger partial charge < -0.3 is 9.52 Å². The second-order valence-electron chi connectivity index (χ2n) is 3.98. The third-order valence-electron chi connectivity index (χ3n) is 2.77. The van der Waals surface area contributed by atoms with E-state index in [2.05, 4.69) is 0 Å². The molecule has 2 rings (SSSR count). The van der Waals surface area contributed by atoms with Gasteiger partial charge in [0.1, 0.15) is 11.8 Å². The van der Waals surface area contributed by atoms with Crippen LogP contribution in [0.4, 0.5) is 0 Å². The van der Waals surface area contributed by atoms with Crippen LogP contribution in [0.3, 0.4) is 0 Å². The Bertz CT molecular complexity index is 533. The predicted octanol–water partition coefficient (Wildman–Crippen LogP) is 0.826. The highest BCUT2D eigenvalue weighted by Gasteiger charge is 2.40. The van der Waals surface area contributed by atoms with E-state index in [9.17, 15) is 13.2 Å².